The summed E-state index contributed by atoms with van der Waals surface area (Å²) in [6, 6.07) is 26.8. The van der Waals surface area contributed by atoms with Gasteiger partial charge in [0.15, 0.2) is 5.78 Å². The molecule has 0 aliphatic carbocycles. The first kappa shape index (κ1) is 24.8. The highest BCUT2D eigenvalue weighted by Crippen LogP contribution is 2.41. The topological polar surface area (TPSA) is 77.8 Å². The predicted octanol–water partition coefficient (Wildman–Crippen LogP) is 4.92. The molecule has 1 heterocycles. The molecule has 5 nitrogen and oxygen atoms in total. The quantitative estimate of drug-likeness (QED) is 0.410. The van der Waals surface area contributed by atoms with Crippen molar-refractivity contribution in [2.24, 2.45) is 5.92 Å². The molecule has 182 valence electrons. The molecule has 1 saturated heterocycles. The zero-order chi connectivity index (χ0) is 24.7. The van der Waals surface area contributed by atoms with Crippen LogP contribution in [0.25, 0.3) is 0 Å². The van der Waals surface area contributed by atoms with Gasteiger partial charge in [-0.2, -0.15) is 0 Å². The molecular formula is C30H33NO4. The van der Waals surface area contributed by atoms with Gasteiger partial charge in [0.2, 0.25) is 0 Å². The molecule has 0 amide bonds. The largest absolute Gasteiger partial charge is 0.481 e. The third-order valence-corrected chi connectivity index (χ3v) is 7.12. The highest BCUT2D eigenvalue weighted by atomic mass is 16.4. The van der Waals surface area contributed by atoms with Crippen LogP contribution in [0.15, 0.2) is 84.9 Å². The summed E-state index contributed by atoms with van der Waals surface area (Å²) in [5, 5.41) is 20.9. The maximum atomic E-state index is 12.5. The summed E-state index contributed by atoms with van der Waals surface area (Å²) < 4.78 is 0. The third-order valence-electron chi connectivity index (χ3n) is 7.12. The Labute approximate surface area is 207 Å². The zero-order valence-electron chi connectivity index (χ0n) is 20.0. The highest BCUT2D eigenvalue weighted by Gasteiger charge is 2.41. The van der Waals surface area contributed by atoms with Crippen molar-refractivity contribution >= 4 is 11.8 Å². The summed E-state index contributed by atoms with van der Waals surface area (Å²) in [5.41, 5.74) is 2.18. The molecule has 0 saturated carbocycles. The van der Waals surface area contributed by atoms with E-state index in [0.717, 1.165) is 50.0 Å². The van der Waals surface area contributed by atoms with E-state index in [4.69, 9.17) is 5.11 Å². The summed E-state index contributed by atoms with van der Waals surface area (Å²) in [7, 11) is 0. The standard InChI is InChI=1S/C30H33NO4/c32-28(24-15-13-23(14-16-24)22-29(33)34)12-7-19-31-20-17-27(18-21-31)30(35,25-8-3-1-4-9-25)26-10-5-2-6-11-26/h1-6,8-11,13-16,27,35H,7,12,17-22H2,(H,33,34). The minimum absolute atomic E-state index is 0.0336. The molecule has 2 N–H and O–H groups in total. The number of benzene rings is 3. The van der Waals surface area contributed by atoms with Gasteiger partial charge in [0, 0.05) is 12.0 Å². The number of carbonyl (C=O) groups is 2. The van der Waals surface area contributed by atoms with Crippen LogP contribution in [0.2, 0.25) is 0 Å². The van der Waals surface area contributed by atoms with Gasteiger partial charge in [-0.15, -0.1) is 0 Å². The van der Waals surface area contributed by atoms with E-state index in [9.17, 15) is 14.7 Å². The van der Waals surface area contributed by atoms with Crippen molar-refractivity contribution in [1.29, 1.82) is 0 Å². The van der Waals surface area contributed by atoms with E-state index in [-0.39, 0.29) is 18.1 Å². The van der Waals surface area contributed by atoms with Crippen LogP contribution in [-0.4, -0.2) is 46.5 Å². The van der Waals surface area contributed by atoms with Crippen LogP contribution in [-0.2, 0) is 16.8 Å². The van der Waals surface area contributed by atoms with Crippen LogP contribution >= 0.6 is 0 Å². The maximum Gasteiger partial charge on any atom is 0.307 e. The molecule has 3 aromatic rings. The van der Waals surface area contributed by atoms with Gasteiger partial charge in [0.05, 0.1) is 6.42 Å². The van der Waals surface area contributed by atoms with Crippen LogP contribution in [0, 0.1) is 5.92 Å². The molecular weight excluding hydrogens is 438 g/mol. The first-order valence-corrected chi connectivity index (χ1v) is 12.4. The minimum atomic E-state index is -1.02. The van der Waals surface area contributed by atoms with E-state index in [1.54, 1.807) is 24.3 Å². The summed E-state index contributed by atoms with van der Waals surface area (Å²) in [6.45, 7) is 2.64. The molecule has 0 radical (unpaired) electrons. The molecule has 3 aromatic carbocycles. The average molecular weight is 472 g/mol. The van der Waals surface area contributed by atoms with E-state index in [0.29, 0.717) is 17.5 Å². The van der Waals surface area contributed by atoms with Gasteiger partial charge in [-0.25, -0.2) is 0 Å². The number of ketones is 1. The van der Waals surface area contributed by atoms with Crippen molar-refractivity contribution in [1.82, 2.24) is 4.90 Å². The zero-order valence-corrected chi connectivity index (χ0v) is 20.0. The second kappa shape index (κ2) is 11.4. The summed E-state index contributed by atoms with van der Waals surface area (Å²) >= 11 is 0. The Hall–Kier alpha value is -3.28. The fourth-order valence-electron chi connectivity index (χ4n) is 5.19. The van der Waals surface area contributed by atoms with Crippen LogP contribution in [0.4, 0.5) is 0 Å². The Balaban J connectivity index is 1.31. The predicted molar refractivity (Wildman–Crippen MR) is 136 cm³/mol. The smallest absolute Gasteiger partial charge is 0.307 e. The molecule has 0 atom stereocenters. The first-order chi connectivity index (χ1) is 17.0. The van der Waals surface area contributed by atoms with E-state index in [1.165, 1.54) is 0 Å². The number of carbonyl (C=O) groups excluding carboxylic acids is 1. The maximum absolute atomic E-state index is 12.5. The Morgan fingerprint density at radius 3 is 1.89 bits per heavy atom. The monoisotopic (exact) mass is 471 g/mol. The fourth-order valence-corrected chi connectivity index (χ4v) is 5.19. The van der Waals surface area contributed by atoms with Gasteiger partial charge in [-0.05, 0) is 61.5 Å². The third kappa shape index (κ3) is 6.05. The number of carboxylic acids is 1. The molecule has 1 fully saturated rings. The number of hydrogen-bond donors (Lipinski definition) is 2. The summed E-state index contributed by atoms with van der Waals surface area (Å²) in [4.78, 5) is 25.7. The molecule has 1 aliphatic rings. The van der Waals surface area contributed by atoms with Gasteiger partial charge in [0.25, 0.3) is 0 Å². The van der Waals surface area contributed by atoms with Gasteiger partial charge in [0.1, 0.15) is 5.60 Å². The molecule has 0 unspecified atom stereocenters. The number of hydrogen-bond acceptors (Lipinski definition) is 4. The Morgan fingerprint density at radius 1 is 0.829 bits per heavy atom. The van der Waals surface area contributed by atoms with Crippen LogP contribution in [0.5, 0.6) is 0 Å². The van der Waals surface area contributed by atoms with Crippen LogP contribution in [0.1, 0.15) is 52.7 Å². The van der Waals surface area contributed by atoms with Crippen molar-refractivity contribution in [2.45, 2.75) is 37.7 Å². The number of aliphatic hydroxyl groups is 1. The number of Topliss-reactive ketones (excluding diaryl/α,β-unsaturated/α-hetero) is 1. The highest BCUT2D eigenvalue weighted by molar-refractivity contribution is 5.96. The van der Waals surface area contributed by atoms with Crippen molar-refractivity contribution in [3.63, 3.8) is 0 Å². The van der Waals surface area contributed by atoms with E-state index in [2.05, 4.69) is 4.90 Å². The number of aliphatic carboxylic acids is 1. The lowest BCUT2D eigenvalue weighted by molar-refractivity contribution is -0.136. The first-order valence-electron chi connectivity index (χ1n) is 12.4. The van der Waals surface area contributed by atoms with Crippen molar-refractivity contribution in [3.8, 4) is 0 Å². The average Bonchev–Trinajstić information content (AvgIpc) is 2.89. The number of nitrogens with zero attached hydrogens (tertiary/aromatic N) is 1. The Kier molecular flexibility index (Phi) is 8.11. The second-order valence-electron chi connectivity index (χ2n) is 9.41. The molecule has 5 heteroatoms. The SMILES string of the molecule is O=C(O)Cc1ccc(C(=O)CCCN2CCC(C(O)(c3ccccc3)c3ccccc3)CC2)cc1. The van der Waals surface area contributed by atoms with Gasteiger partial charge >= 0.3 is 5.97 Å². The molecule has 0 spiro atoms. The molecule has 35 heavy (non-hydrogen) atoms. The Morgan fingerprint density at radius 2 is 1.37 bits per heavy atom. The normalized spacial score (nSPS) is 15.1. The van der Waals surface area contributed by atoms with Gasteiger partial charge in [-0.3, -0.25) is 9.59 Å². The van der Waals surface area contributed by atoms with Crippen molar-refractivity contribution < 1.29 is 19.8 Å². The molecule has 1 aliphatic heterocycles. The van der Waals surface area contributed by atoms with E-state index in [1.807, 2.05) is 60.7 Å². The molecule has 0 aromatic heterocycles. The molecule has 4 rings (SSSR count). The van der Waals surface area contributed by atoms with Crippen LogP contribution < -0.4 is 0 Å². The van der Waals surface area contributed by atoms with E-state index >= 15 is 0 Å². The van der Waals surface area contributed by atoms with Crippen molar-refractivity contribution in [2.75, 3.05) is 19.6 Å². The summed E-state index contributed by atoms with van der Waals surface area (Å²) in [6.07, 6.45) is 2.99. The number of carboxylic acid groups (broad SMARTS) is 1. The van der Waals surface area contributed by atoms with E-state index < -0.39 is 11.6 Å². The number of rotatable bonds is 10. The lowest BCUT2D eigenvalue weighted by Crippen LogP contribution is -2.44. The van der Waals surface area contributed by atoms with Crippen molar-refractivity contribution in [3.05, 3.63) is 107 Å². The summed E-state index contributed by atoms with van der Waals surface area (Å²) in [5.74, 6) is -0.669. The Bertz CT molecular complexity index is 1060. The lowest BCUT2D eigenvalue weighted by Gasteiger charge is -2.42. The second-order valence-corrected chi connectivity index (χ2v) is 9.41. The fraction of sp³-hybridized carbons (Fsp3) is 0.333. The number of likely N-dealkylation sites (tertiary alicyclic amines) is 1. The molecule has 0 bridgehead atoms. The minimum Gasteiger partial charge on any atom is -0.481 e. The number of piperidine rings is 1. The van der Waals surface area contributed by atoms with Crippen LogP contribution in [0.3, 0.4) is 0 Å². The van der Waals surface area contributed by atoms with Gasteiger partial charge < -0.3 is 15.1 Å². The van der Waals surface area contributed by atoms with Gasteiger partial charge in [-0.1, -0.05) is 84.9 Å². The lowest BCUT2D eigenvalue weighted by atomic mass is 9.72.